The molecule has 0 unspecified atom stereocenters. The van der Waals surface area contributed by atoms with E-state index in [2.05, 4.69) is 23.8 Å². The highest BCUT2D eigenvalue weighted by Gasteiger charge is 2.45. The lowest BCUT2D eigenvalue weighted by Crippen LogP contribution is -2.46. The van der Waals surface area contributed by atoms with Gasteiger partial charge in [0.25, 0.3) is 0 Å². The fourth-order valence-electron chi connectivity index (χ4n) is 2.52. The molecule has 1 aliphatic rings. The second-order valence-corrected chi connectivity index (χ2v) is 5.71. The average molecular weight is 278 g/mol. The van der Waals surface area contributed by atoms with Crippen LogP contribution < -0.4 is 4.90 Å². The number of anilines is 1. The Morgan fingerprint density at radius 1 is 1.20 bits per heavy atom. The number of hydrogen-bond donors (Lipinski definition) is 0. The molecule has 0 atom stereocenters. The number of aromatic nitrogens is 2. The first-order valence-corrected chi connectivity index (χ1v) is 7.22. The molecule has 2 amide bonds. The van der Waals surface area contributed by atoms with Crippen LogP contribution in [0.3, 0.4) is 0 Å². The maximum absolute atomic E-state index is 12.4. The van der Waals surface area contributed by atoms with Crippen molar-refractivity contribution in [1.82, 2.24) is 14.9 Å². The highest BCUT2D eigenvalue weighted by molar-refractivity contribution is 5.93. The minimum atomic E-state index is -0.195. The van der Waals surface area contributed by atoms with Crippen molar-refractivity contribution in [3.8, 4) is 0 Å². The van der Waals surface area contributed by atoms with Crippen LogP contribution in [0.1, 0.15) is 47.1 Å². The third-order valence-electron chi connectivity index (χ3n) is 3.16. The van der Waals surface area contributed by atoms with Crippen LogP contribution >= 0.6 is 0 Å². The summed E-state index contributed by atoms with van der Waals surface area (Å²) in [5.74, 6) is 0.488. The van der Waals surface area contributed by atoms with Gasteiger partial charge in [-0.1, -0.05) is 13.8 Å². The van der Waals surface area contributed by atoms with Crippen molar-refractivity contribution >= 4 is 12.0 Å². The Morgan fingerprint density at radius 3 is 2.10 bits per heavy atom. The fourth-order valence-corrected chi connectivity index (χ4v) is 2.52. The van der Waals surface area contributed by atoms with Gasteiger partial charge < -0.3 is 4.90 Å². The molecule has 5 nitrogen and oxygen atoms in total. The van der Waals surface area contributed by atoms with Crippen molar-refractivity contribution in [1.29, 1.82) is 0 Å². The number of amides is 2. The van der Waals surface area contributed by atoms with Crippen LogP contribution in [0.5, 0.6) is 0 Å². The summed E-state index contributed by atoms with van der Waals surface area (Å²) in [5.41, 5.74) is 0.796. The predicted octanol–water partition coefficient (Wildman–Crippen LogP) is 3.24. The van der Waals surface area contributed by atoms with Gasteiger partial charge >= 0.3 is 6.03 Å². The minimum Gasteiger partial charge on any atom is -0.315 e. The van der Waals surface area contributed by atoms with Gasteiger partial charge in [0.15, 0.2) is 0 Å². The largest absolute Gasteiger partial charge is 0.327 e. The molecule has 0 N–H and O–H groups in total. The van der Waals surface area contributed by atoms with E-state index < -0.39 is 0 Å². The fraction of sp³-hybridized carbons (Fsp3) is 0.667. The van der Waals surface area contributed by atoms with Crippen molar-refractivity contribution in [2.45, 2.75) is 60.0 Å². The summed E-state index contributed by atoms with van der Waals surface area (Å²) < 4.78 is 0. The molecule has 0 aliphatic carbocycles. The molecule has 1 fully saturated rings. The van der Waals surface area contributed by atoms with Crippen LogP contribution in [0.15, 0.2) is 12.4 Å². The predicted molar refractivity (Wildman–Crippen MR) is 81.9 cm³/mol. The van der Waals surface area contributed by atoms with Gasteiger partial charge in [0.05, 0.1) is 12.1 Å². The molecule has 0 bridgehead atoms. The van der Waals surface area contributed by atoms with E-state index in [4.69, 9.17) is 0 Å². The van der Waals surface area contributed by atoms with Crippen molar-refractivity contribution in [3.05, 3.63) is 18.0 Å². The van der Waals surface area contributed by atoms with Gasteiger partial charge in [0.1, 0.15) is 0 Å². The van der Waals surface area contributed by atoms with E-state index in [0.717, 1.165) is 5.56 Å². The molecule has 1 aromatic heterocycles. The summed E-state index contributed by atoms with van der Waals surface area (Å²) in [6.07, 6.45) is 3.47. The van der Waals surface area contributed by atoms with Crippen LogP contribution in [0.2, 0.25) is 0 Å². The van der Waals surface area contributed by atoms with Gasteiger partial charge in [-0.15, -0.1) is 0 Å². The van der Waals surface area contributed by atoms with Crippen molar-refractivity contribution in [2.75, 3.05) is 11.4 Å². The van der Waals surface area contributed by atoms with Gasteiger partial charge in [-0.2, -0.15) is 0 Å². The summed E-state index contributed by atoms with van der Waals surface area (Å²) in [5, 5.41) is 0. The van der Waals surface area contributed by atoms with Crippen molar-refractivity contribution in [3.63, 3.8) is 0 Å². The number of rotatable bonds is 2. The molecule has 0 saturated carbocycles. The third-order valence-corrected chi connectivity index (χ3v) is 3.16. The zero-order valence-corrected chi connectivity index (χ0v) is 13.6. The molecule has 2 rings (SSSR count). The number of carbonyl (C=O) groups is 1. The summed E-state index contributed by atoms with van der Waals surface area (Å²) in [6, 6.07) is 0.154. The lowest BCUT2D eigenvalue weighted by molar-refractivity contribution is 0.152. The topological polar surface area (TPSA) is 49.3 Å². The van der Waals surface area contributed by atoms with Crippen LogP contribution in [-0.4, -0.2) is 39.0 Å². The van der Waals surface area contributed by atoms with E-state index in [-0.39, 0.29) is 17.6 Å². The second kappa shape index (κ2) is 6.20. The highest BCUT2D eigenvalue weighted by Crippen LogP contribution is 2.30. The first kappa shape index (κ1) is 16.4. The first-order valence-electron chi connectivity index (χ1n) is 7.22. The third kappa shape index (κ3) is 3.08. The average Bonchev–Trinajstić information content (AvgIpc) is 2.63. The Morgan fingerprint density at radius 2 is 1.70 bits per heavy atom. The van der Waals surface area contributed by atoms with Gasteiger partial charge in [-0.05, 0) is 40.2 Å². The van der Waals surface area contributed by atoms with E-state index in [1.165, 1.54) is 0 Å². The molecule has 1 aromatic rings. The molecule has 5 heteroatoms. The standard InChI is InChI=1S/C13H20N4O.C2H6/c1-9(2)17-12(18)16(8-13(17,4)5)11-14-6-10(3)7-15-11;1-2/h6-7,9H,8H2,1-5H3;1-2H3. The van der Waals surface area contributed by atoms with E-state index >= 15 is 0 Å². The Bertz CT molecular complexity index is 453. The van der Waals surface area contributed by atoms with Gasteiger partial charge in [0, 0.05) is 18.4 Å². The molecule has 0 spiro atoms. The molecule has 1 saturated heterocycles. The van der Waals surface area contributed by atoms with E-state index in [0.29, 0.717) is 12.5 Å². The second-order valence-electron chi connectivity index (χ2n) is 5.71. The van der Waals surface area contributed by atoms with Crippen LogP contribution in [0.25, 0.3) is 0 Å². The molecular weight excluding hydrogens is 252 g/mol. The number of carbonyl (C=O) groups excluding carboxylic acids is 1. The molecule has 0 aromatic carbocycles. The first-order chi connectivity index (χ1) is 9.33. The normalized spacial score (nSPS) is 17.3. The van der Waals surface area contributed by atoms with E-state index in [1.54, 1.807) is 17.3 Å². The highest BCUT2D eigenvalue weighted by atomic mass is 16.2. The molecule has 1 aliphatic heterocycles. The number of urea groups is 1. The smallest absolute Gasteiger partial charge is 0.315 e. The van der Waals surface area contributed by atoms with Crippen LogP contribution in [0, 0.1) is 6.92 Å². The molecule has 112 valence electrons. The Balaban J connectivity index is 0.000000956. The maximum Gasteiger partial charge on any atom is 0.327 e. The zero-order valence-electron chi connectivity index (χ0n) is 13.6. The lowest BCUT2D eigenvalue weighted by Gasteiger charge is -2.32. The Labute approximate surface area is 122 Å². The Hall–Kier alpha value is -1.65. The summed E-state index contributed by atoms with van der Waals surface area (Å²) >= 11 is 0. The molecule has 0 radical (unpaired) electrons. The molecule has 20 heavy (non-hydrogen) atoms. The summed E-state index contributed by atoms with van der Waals surface area (Å²) in [6.45, 7) is 14.7. The van der Waals surface area contributed by atoms with Gasteiger partial charge in [-0.25, -0.2) is 14.8 Å². The van der Waals surface area contributed by atoms with Crippen LogP contribution in [-0.2, 0) is 0 Å². The quantitative estimate of drug-likeness (QED) is 0.834. The lowest BCUT2D eigenvalue weighted by atomic mass is 10.0. The SMILES string of the molecule is CC.Cc1cnc(N2CC(C)(C)N(C(C)C)C2=O)nc1. The van der Waals surface area contributed by atoms with E-state index in [1.807, 2.05) is 39.5 Å². The van der Waals surface area contributed by atoms with Crippen LogP contribution in [0.4, 0.5) is 10.7 Å². The maximum atomic E-state index is 12.4. The molecular formula is C15H26N4O. The Kier molecular flexibility index (Phi) is 5.09. The van der Waals surface area contributed by atoms with Gasteiger partial charge in [-0.3, -0.25) is 4.90 Å². The summed E-state index contributed by atoms with van der Waals surface area (Å²) in [4.78, 5) is 24.4. The monoisotopic (exact) mass is 278 g/mol. The zero-order chi connectivity index (χ0) is 15.5. The summed E-state index contributed by atoms with van der Waals surface area (Å²) in [7, 11) is 0. The minimum absolute atomic E-state index is 0.0150. The van der Waals surface area contributed by atoms with Crippen molar-refractivity contribution < 1.29 is 4.79 Å². The number of nitrogens with zero attached hydrogens (tertiary/aromatic N) is 4. The van der Waals surface area contributed by atoms with E-state index in [9.17, 15) is 4.79 Å². The number of hydrogen-bond acceptors (Lipinski definition) is 3. The van der Waals surface area contributed by atoms with Crippen molar-refractivity contribution in [2.24, 2.45) is 0 Å². The number of aryl methyl sites for hydroxylation is 1. The van der Waals surface area contributed by atoms with Gasteiger partial charge in [0.2, 0.25) is 5.95 Å². The molecule has 2 heterocycles.